The molecule has 12 heavy (non-hydrogen) atoms. The minimum atomic E-state index is -0.655. The standard InChI is InChI=1S/C10H22OSi/c1-8(2)12(9(3)4)10-6-5-7-11-10/h8-10,12H,5-7H2,1-4H3. The molecule has 1 aliphatic rings. The lowest BCUT2D eigenvalue weighted by atomic mass is 10.4. The molecular formula is C10H22OSi. The monoisotopic (exact) mass is 186 g/mol. The largest absolute Gasteiger partial charge is 0.382 e. The van der Waals surface area contributed by atoms with Crippen molar-refractivity contribution in [2.24, 2.45) is 0 Å². The van der Waals surface area contributed by atoms with Gasteiger partial charge in [-0.25, -0.2) is 0 Å². The van der Waals surface area contributed by atoms with Gasteiger partial charge in [0.15, 0.2) is 0 Å². The van der Waals surface area contributed by atoms with Gasteiger partial charge in [0.1, 0.15) is 0 Å². The number of hydrogen-bond donors (Lipinski definition) is 0. The number of hydrogen-bond acceptors (Lipinski definition) is 1. The van der Waals surface area contributed by atoms with E-state index < -0.39 is 8.80 Å². The highest BCUT2D eigenvalue weighted by atomic mass is 28.3. The van der Waals surface area contributed by atoms with Crippen LogP contribution in [0.15, 0.2) is 0 Å². The minimum Gasteiger partial charge on any atom is -0.382 e. The first-order valence-corrected chi connectivity index (χ1v) is 7.24. The molecular weight excluding hydrogens is 164 g/mol. The molecule has 0 aliphatic carbocycles. The van der Waals surface area contributed by atoms with Crippen LogP contribution in [0.3, 0.4) is 0 Å². The molecule has 1 heterocycles. The lowest BCUT2D eigenvalue weighted by Crippen LogP contribution is -2.35. The molecule has 2 heteroatoms. The molecule has 0 saturated carbocycles. The number of rotatable bonds is 3. The highest BCUT2D eigenvalue weighted by molar-refractivity contribution is 6.63. The lowest BCUT2D eigenvalue weighted by Gasteiger charge is -2.28. The summed E-state index contributed by atoms with van der Waals surface area (Å²) in [5.41, 5.74) is 2.48. The van der Waals surface area contributed by atoms with E-state index in [4.69, 9.17) is 4.74 Å². The second-order valence-electron chi connectivity index (χ2n) is 4.62. The first-order valence-electron chi connectivity index (χ1n) is 5.24. The summed E-state index contributed by atoms with van der Waals surface area (Å²) in [5, 5.41) is 0. The van der Waals surface area contributed by atoms with Crippen LogP contribution in [-0.2, 0) is 4.74 Å². The Morgan fingerprint density at radius 1 is 1.17 bits per heavy atom. The van der Waals surface area contributed by atoms with Crippen LogP contribution in [0.5, 0.6) is 0 Å². The van der Waals surface area contributed by atoms with Crippen LogP contribution in [0.2, 0.25) is 11.1 Å². The van der Waals surface area contributed by atoms with Crippen molar-refractivity contribution in [3.63, 3.8) is 0 Å². The Labute approximate surface area is 78.1 Å². The van der Waals surface area contributed by atoms with E-state index in [1.165, 1.54) is 12.8 Å². The third-order valence-corrected chi connectivity index (χ3v) is 7.40. The fraction of sp³-hybridized carbons (Fsp3) is 1.00. The second kappa shape index (κ2) is 4.42. The van der Waals surface area contributed by atoms with Gasteiger partial charge in [-0.1, -0.05) is 38.8 Å². The molecule has 0 aromatic heterocycles. The zero-order valence-corrected chi connectivity index (χ0v) is 9.99. The van der Waals surface area contributed by atoms with Gasteiger partial charge in [-0.15, -0.1) is 0 Å². The van der Waals surface area contributed by atoms with E-state index in [0.717, 1.165) is 17.7 Å². The van der Waals surface area contributed by atoms with Crippen LogP contribution in [0.4, 0.5) is 0 Å². The molecule has 1 fully saturated rings. The molecule has 1 aliphatic heterocycles. The Morgan fingerprint density at radius 3 is 2.08 bits per heavy atom. The molecule has 1 rings (SSSR count). The van der Waals surface area contributed by atoms with Gasteiger partial charge in [-0.2, -0.15) is 0 Å². The summed E-state index contributed by atoms with van der Waals surface area (Å²) in [6.45, 7) is 10.5. The van der Waals surface area contributed by atoms with Crippen molar-refractivity contribution < 1.29 is 4.74 Å². The number of ether oxygens (including phenoxy) is 1. The van der Waals surface area contributed by atoms with Crippen LogP contribution in [0.1, 0.15) is 40.5 Å². The first kappa shape index (κ1) is 10.3. The Balaban J connectivity index is 2.52. The third kappa shape index (κ3) is 2.33. The minimum absolute atomic E-state index is 0.655. The molecule has 0 spiro atoms. The maximum absolute atomic E-state index is 5.80. The first-order chi connectivity index (χ1) is 5.63. The van der Waals surface area contributed by atoms with Gasteiger partial charge in [-0.05, 0) is 12.8 Å². The maximum atomic E-state index is 5.80. The van der Waals surface area contributed by atoms with Crippen LogP contribution < -0.4 is 0 Å². The summed E-state index contributed by atoms with van der Waals surface area (Å²) in [7, 11) is -0.655. The Bertz CT molecular complexity index is 120. The Morgan fingerprint density at radius 2 is 1.75 bits per heavy atom. The third-order valence-electron chi connectivity index (χ3n) is 2.93. The fourth-order valence-corrected chi connectivity index (χ4v) is 6.77. The molecule has 0 amide bonds. The van der Waals surface area contributed by atoms with E-state index in [1.807, 2.05) is 0 Å². The molecule has 0 aromatic rings. The zero-order chi connectivity index (χ0) is 9.14. The molecule has 1 atom stereocenters. The molecule has 72 valence electrons. The molecule has 0 aromatic carbocycles. The van der Waals surface area contributed by atoms with E-state index in [9.17, 15) is 0 Å². The van der Waals surface area contributed by atoms with Gasteiger partial charge in [0.05, 0.1) is 8.80 Å². The van der Waals surface area contributed by atoms with Gasteiger partial charge >= 0.3 is 0 Å². The molecule has 0 radical (unpaired) electrons. The highest BCUT2D eigenvalue weighted by Crippen LogP contribution is 2.29. The van der Waals surface area contributed by atoms with Gasteiger partial charge < -0.3 is 4.74 Å². The topological polar surface area (TPSA) is 9.23 Å². The van der Waals surface area contributed by atoms with E-state index in [2.05, 4.69) is 27.7 Å². The Kier molecular flexibility index (Phi) is 3.78. The van der Waals surface area contributed by atoms with Crippen molar-refractivity contribution in [1.29, 1.82) is 0 Å². The molecule has 1 saturated heterocycles. The van der Waals surface area contributed by atoms with E-state index in [0.29, 0.717) is 5.73 Å². The molecule has 1 nitrogen and oxygen atoms in total. The van der Waals surface area contributed by atoms with Gasteiger partial charge in [0.2, 0.25) is 0 Å². The van der Waals surface area contributed by atoms with Crippen molar-refractivity contribution in [2.45, 2.75) is 57.3 Å². The van der Waals surface area contributed by atoms with Crippen molar-refractivity contribution in [1.82, 2.24) is 0 Å². The summed E-state index contributed by atoms with van der Waals surface area (Å²) < 4.78 is 5.80. The normalized spacial score (nSPS) is 24.8. The van der Waals surface area contributed by atoms with E-state index in [1.54, 1.807) is 0 Å². The van der Waals surface area contributed by atoms with Crippen molar-refractivity contribution in [3.05, 3.63) is 0 Å². The average molecular weight is 186 g/mol. The lowest BCUT2D eigenvalue weighted by molar-refractivity contribution is 0.160. The Hall–Kier alpha value is 0.177. The van der Waals surface area contributed by atoms with Gasteiger partial charge in [-0.3, -0.25) is 0 Å². The van der Waals surface area contributed by atoms with Gasteiger partial charge in [0, 0.05) is 12.3 Å². The van der Waals surface area contributed by atoms with Crippen LogP contribution in [-0.4, -0.2) is 21.1 Å². The van der Waals surface area contributed by atoms with Crippen LogP contribution in [0.25, 0.3) is 0 Å². The molecule has 0 bridgehead atoms. The van der Waals surface area contributed by atoms with Crippen LogP contribution in [0, 0.1) is 0 Å². The average Bonchev–Trinajstić information content (AvgIpc) is 2.37. The summed E-state index contributed by atoms with van der Waals surface area (Å²) >= 11 is 0. The zero-order valence-electron chi connectivity index (χ0n) is 8.84. The predicted octanol–water partition coefficient (Wildman–Crippen LogP) is 2.75. The van der Waals surface area contributed by atoms with Gasteiger partial charge in [0.25, 0.3) is 0 Å². The van der Waals surface area contributed by atoms with E-state index in [-0.39, 0.29) is 0 Å². The summed E-state index contributed by atoms with van der Waals surface area (Å²) in [6, 6.07) is 0. The summed E-state index contributed by atoms with van der Waals surface area (Å²) in [6.07, 6.45) is 2.64. The predicted molar refractivity (Wildman–Crippen MR) is 56.3 cm³/mol. The van der Waals surface area contributed by atoms with Crippen molar-refractivity contribution in [3.8, 4) is 0 Å². The van der Waals surface area contributed by atoms with Crippen molar-refractivity contribution >= 4 is 8.80 Å². The maximum Gasteiger partial charge on any atom is 0.0767 e. The highest BCUT2D eigenvalue weighted by Gasteiger charge is 2.31. The fourth-order valence-electron chi connectivity index (χ4n) is 2.53. The SMILES string of the molecule is CC(C)[SiH](C(C)C)C1CCCO1. The molecule has 1 unspecified atom stereocenters. The smallest absolute Gasteiger partial charge is 0.0767 e. The quantitative estimate of drug-likeness (QED) is 0.616. The molecule has 0 N–H and O–H groups in total. The second-order valence-corrected chi connectivity index (χ2v) is 9.18. The summed E-state index contributed by atoms with van der Waals surface area (Å²) in [5.74, 6) is 0. The summed E-state index contributed by atoms with van der Waals surface area (Å²) in [4.78, 5) is 0. The van der Waals surface area contributed by atoms with Crippen molar-refractivity contribution in [2.75, 3.05) is 6.61 Å². The van der Waals surface area contributed by atoms with E-state index >= 15 is 0 Å². The van der Waals surface area contributed by atoms with Crippen LogP contribution >= 0.6 is 0 Å².